The van der Waals surface area contributed by atoms with Crippen molar-refractivity contribution in [1.82, 2.24) is 15.2 Å². The molecule has 0 bridgehead atoms. The van der Waals surface area contributed by atoms with Gasteiger partial charge in [0.15, 0.2) is 0 Å². The molecule has 1 heterocycles. The molecule has 0 amide bonds. The zero-order valence-electron chi connectivity index (χ0n) is 7.16. The average molecular weight is 199 g/mol. The summed E-state index contributed by atoms with van der Waals surface area (Å²) in [4.78, 5) is 33.7. The van der Waals surface area contributed by atoms with Gasteiger partial charge in [0, 0.05) is 0 Å². The molecule has 14 heavy (non-hydrogen) atoms. The highest BCUT2D eigenvalue weighted by atomic mass is 16.4. The lowest BCUT2D eigenvalue weighted by Crippen LogP contribution is -2.41. The van der Waals surface area contributed by atoms with Crippen molar-refractivity contribution in [1.29, 1.82) is 0 Å². The molecule has 1 atom stereocenters. The fourth-order valence-electron chi connectivity index (χ4n) is 0.710. The maximum Gasteiger partial charge on any atom is 0.342 e. The van der Waals surface area contributed by atoms with Crippen LogP contribution in [0.1, 0.15) is 6.92 Å². The molecule has 0 aliphatic rings. The summed E-state index contributed by atoms with van der Waals surface area (Å²) in [5.41, 5.74) is -1.55. The number of aliphatic carboxylic acids is 1. The number of rotatable bonds is 3. The molecule has 0 aliphatic heterocycles. The van der Waals surface area contributed by atoms with Crippen LogP contribution in [0.2, 0.25) is 0 Å². The Morgan fingerprint density at radius 3 is 2.71 bits per heavy atom. The number of aromatic nitrogens is 3. The molecule has 0 aliphatic carbocycles. The van der Waals surface area contributed by atoms with E-state index in [2.05, 4.69) is 10.4 Å². The molecule has 0 aromatic carbocycles. The van der Waals surface area contributed by atoms with Crippen LogP contribution in [0.5, 0.6) is 0 Å². The monoisotopic (exact) mass is 199 g/mol. The van der Waals surface area contributed by atoms with Crippen LogP contribution in [0.3, 0.4) is 0 Å². The molecule has 0 fully saturated rings. The topological polar surface area (TPSA) is 131 Å². The van der Waals surface area contributed by atoms with Gasteiger partial charge in [0.25, 0.3) is 5.56 Å². The summed E-state index contributed by atoms with van der Waals surface area (Å²) >= 11 is 0. The third-order valence-corrected chi connectivity index (χ3v) is 1.42. The maximum absolute atomic E-state index is 11.0. The smallest absolute Gasteiger partial charge is 0.342 e. The average Bonchev–Trinajstić information content (AvgIpc) is 2.09. The Hall–Kier alpha value is -2.12. The van der Waals surface area contributed by atoms with E-state index in [0.717, 1.165) is 0 Å². The molecule has 0 radical (unpaired) electrons. The van der Waals surface area contributed by atoms with Crippen LogP contribution < -0.4 is 21.7 Å². The number of carboxylic acids is 1. The summed E-state index contributed by atoms with van der Waals surface area (Å²) in [6.45, 7) is 1.28. The van der Waals surface area contributed by atoms with Crippen molar-refractivity contribution in [3.8, 4) is 0 Å². The SMILES string of the molecule is C[C@@H](Nc1n[nH]c(=O)[nH]c1=O)C(=O)[O-]. The van der Waals surface area contributed by atoms with Gasteiger partial charge in [0.05, 0.1) is 12.0 Å². The fraction of sp³-hybridized carbons (Fsp3) is 0.333. The Labute approximate surface area is 77.0 Å². The van der Waals surface area contributed by atoms with Gasteiger partial charge in [-0.2, -0.15) is 0 Å². The summed E-state index contributed by atoms with van der Waals surface area (Å²) in [7, 11) is 0. The number of hydrogen-bond donors (Lipinski definition) is 3. The zero-order chi connectivity index (χ0) is 10.7. The molecule has 8 nitrogen and oxygen atoms in total. The number of H-pyrrole nitrogens is 2. The van der Waals surface area contributed by atoms with Crippen LogP contribution in [0, 0.1) is 0 Å². The summed E-state index contributed by atoms with van der Waals surface area (Å²) in [6, 6.07) is -1.07. The van der Waals surface area contributed by atoms with Crippen LogP contribution in [-0.2, 0) is 4.79 Å². The fourth-order valence-corrected chi connectivity index (χ4v) is 0.710. The highest BCUT2D eigenvalue weighted by molar-refractivity contribution is 5.73. The Morgan fingerprint density at radius 1 is 1.57 bits per heavy atom. The molecule has 1 aromatic heterocycles. The van der Waals surface area contributed by atoms with E-state index in [1.54, 1.807) is 0 Å². The first-order valence-electron chi connectivity index (χ1n) is 3.67. The zero-order valence-corrected chi connectivity index (χ0v) is 7.16. The predicted molar refractivity (Wildman–Crippen MR) is 43.6 cm³/mol. The van der Waals surface area contributed by atoms with Crippen molar-refractivity contribution in [2.45, 2.75) is 13.0 Å². The number of carbonyl (C=O) groups excluding carboxylic acids is 1. The Morgan fingerprint density at radius 2 is 2.21 bits per heavy atom. The number of carboxylic acid groups (broad SMARTS) is 1. The van der Waals surface area contributed by atoms with Gasteiger partial charge in [-0.15, -0.1) is 5.10 Å². The number of aromatic amines is 2. The molecule has 0 saturated heterocycles. The quantitative estimate of drug-likeness (QED) is 0.475. The Balaban J connectivity index is 2.93. The maximum atomic E-state index is 11.0. The lowest BCUT2D eigenvalue weighted by molar-refractivity contribution is -0.306. The van der Waals surface area contributed by atoms with Crippen LogP contribution in [-0.4, -0.2) is 27.2 Å². The number of carbonyl (C=O) groups is 1. The third-order valence-electron chi connectivity index (χ3n) is 1.42. The van der Waals surface area contributed by atoms with Crippen molar-refractivity contribution in [2.75, 3.05) is 5.32 Å². The lowest BCUT2D eigenvalue weighted by Gasteiger charge is -2.13. The molecule has 1 rings (SSSR count). The number of nitrogens with one attached hydrogen (secondary N) is 3. The Kier molecular flexibility index (Phi) is 2.65. The van der Waals surface area contributed by atoms with Crippen molar-refractivity contribution in [3.05, 3.63) is 20.8 Å². The summed E-state index contributed by atoms with van der Waals surface area (Å²) < 4.78 is 0. The van der Waals surface area contributed by atoms with Gasteiger partial charge in [-0.25, -0.2) is 9.89 Å². The van der Waals surface area contributed by atoms with Crippen molar-refractivity contribution in [2.24, 2.45) is 0 Å². The van der Waals surface area contributed by atoms with Crippen LogP contribution >= 0.6 is 0 Å². The van der Waals surface area contributed by atoms with Gasteiger partial charge in [-0.3, -0.25) is 9.78 Å². The summed E-state index contributed by atoms with van der Waals surface area (Å²) in [5.74, 6) is -1.65. The highest BCUT2D eigenvalue weighted by Gasteiger charge is 2.06. The molecular formula is C6H7N4O4-. The Bertz CT molecular complexity index is 448. The minimum Gasteiger partial charge on any atom is -0.548 e. The molecule has 1 aromatic rings. The van der Waals surface area contributed by atoms with Gasteiger partial charge in [-0.1, -0.05) is 0 Å². The van der Waals surface area contributed by atoms with E-state index in [9.17, 15) is 19.5 Å². The van der Waals surface area contributed by atoms with Crippen molar-refractivity contribution < 1.29 is 9.90 Å². The minimum atomic E-state index is -1.38. The third kappa shape index (κ3) is 2.19. The highest BCUT2D eigenvalue weighted by Crippen LogP contribution is 1.91. The number of nitrogens with zero attached hydrogens (tertiary/aromatic N) is 1. The van der Waals surface area contributed by atoms with E-state index < -0.39 is 23.3 Å². The number of hydrogen-bond acceptors (Lipinski definition) is 6. The molecule has 76 valence electrons. The largest absolute Gasteiger partial charge is 0.548 e. The molecule has 3 N–H and O–H groups in total. The van der Waals surface area contributed by atoms with Crippen LogP contribution in [0.15, 0.2) is 9.59 Å². The van der Waals surface area contributed by atoms with Gasteiger partial charge < -0.3 is 15.2 Å². The molecule has 0 saturated carbocycles. The summed E-state index contributed by atoms with van der Waals surface area (Å²) in [5, 5.41) is 17.8. The van der Waals surface area contributed by atoms with Gasteiger partial charge in [0.1, 0.15) is 0 Å². The van der Waals surface area contributed by atoms with E-state index in [4.69, 9.17) is 0 Å². The standard InChI is InChI=1S/C6H8N4O4/c1-2(5(12)13)7-3-4(11)8-6(14)10-9-3/h2H,1H3,(H,7,9)(H,12,13)(H2,8,10,11,14)/p-1/t2-/m1/s1. The normalized spacial score (nSPS) is 12.1. The van der Waals surface area contributed by atoms with Gasteiger partial charge in [-0.05, 0) is 6.92 Å². The predicted octanol–water partition coefficient (Wildman–Crippen LogP) is -2.99. The molecule has 0 spiro atoms. The van der Waals surface area contributed by atoms with Gasteiger partial charge in [0.2, 0.25) is 5.82 Å². The second-order valence-corrected chi connectivity index (χ2v) is 2.54. The first kappa shape index (κ1) is 9.96. The second kappa shape index (κ2) is 3.73. The van der Waals surface area contributed by atoms with E-state index in [0.29, 0.717) is 0 Å². The first-order valence-corrected chi connectivity index (χ1v) is 3.67. The van der Waals surface area contributed by atoms with Crippen molar-refractivity contribution >= 4 is 11.8 Å². The van der Waals surface area contributed by atoms with Crippen molar-refractivity contribution in [3.63, 3.8) is 0 Å². The first-order chi connectivity index (χ1) is 6.50. The summed E-state index contributed by atoms with van der Waals surface area (Å²) in [6.07, 6.45) is 0. The molecule has 0 unspecified atom stereocenters. The molecule has 8 heteroatoms. The second-order valence-electron chi connectivity index (χ2n) is 2.54. The van der Waals surface area contributed by atoms with Crippen LogP contribution in [0.25, 0.3) is 0 Å². The lowest BCUT2D eigenvalue weighted by atomic mass is 10.3. The number of anilines is 1. The van der Waals surface area contributed by atoms with E-state index in [1.165, 1.54) is 6.92 Å². The van der Waals surface area contributed by atoms with Gasteiger partial charge >= 0.3 is 5.69 Å². The van der Waals surface area contributed by atoms with E-state index in [1.807, 2.05) is 10.1 Å². The van der Waals surface area contributed by atoms with Crippen LogP contribution in [0.4, 0.5) is 5.82 Å². The van der Waals surface area contributed by atoms with E-state index >= 15 is 0 Å². The molecular weight excluding hydrogens is 192 g/mol. The van der Waals surface area contributed by atoms with E-state index in [-0.39, 0.29) is 5.82 Å². The minimum absolute atomic E-state index is 0.277.